The molecule has 0 heterocycles. The van der Waals surface area contributed by atoms with Crippen LogP contribution in [-0.2, 0) is 0 Å². The second kappa shape index (κ2) is 8.27. The van der Waals surface area contributed by atoms with Gasteiger partial charge in [0.05, 0.1) is 0 Å². The summed E-state index contributed by atoms with van der Waals surface area (Å²) in [5.74, 6) is 0. The molecule has 0 saturated carbocycles. The molecule has 0 N–H and O–H groups in total. The summed E-state index contributed by atoms with van der Waals surface area (Å²) in [6, 6.07) is 0. The van der Waals surface area contributed by atoms with Crippen LogP contribution in [0.5, 0.6) is 0 Å². The Labute approximate surface area is 71.5 Å². The van der Waals surface area contributed by atoms with E-state index < -0.39 is 16.2 Å². The first kappa shape index (κ1) is 12.0. The van der Waals surface area contributed by atoms with Crippen molar-refractivity contribution in [1.29, 1.82) is 0 Å². The Morgan fingerprint density at radius 2 is 1.12 bits per heavy atom. The van der Waals surface area contributed by atoms with E-state index in [0.717, 1.165) is 0 Å². The molecule has 0 radical (unpaired) electrons. The van der Waals surface area contributed by atoms with E-state index in [9.17, 15) is 0 Å². The number of hydrogen-bond acceptors (Lipinski definition) is 0. The van der Waals surface area contributed by atoms with Gasteiger partial charge in [0.25, 0.3) is 0 Å². The minimum absolute atomic E-state index is 0. The predicted octanol–water partition coefficient (Wildman–Crippen LogP) is 1.36. The molecular formula is C6H18Ga2. The van der Waals surface area contributed by atoms with Crippen LogP contribution in [0.1, 0.15) is 20.8 Å². The molecule has 0 unspecified atom stereocenters. The van der Waals surface area contributed by atoms with E-state index in [0.29, 0.717) is 0 Å². The SMILES string of the molecule is C[CH2][Ga]([CH2]C)[CH2]C.[GaH3]. The maximum atomic E-state index is 2.34. The molecule has 0 aromatic carbocycles. The first-order chi connectivity index (χ1) is 3.35. The third-order valence-corrected chi connectivity index (χ3v) is 9.00. The van der Waals surface area contributed by atoms with E-state index in [4.69, 9.17) is 0 Å². The molecule has 0 aliphatic rings. The topological polar surface area (TPSA) is 0 Å². The molecule has 8 heavy (non-hydrogen) atoms. The van der Waals surface area contributed by atoms with Gasteiger partial charge in [-0.3, -0.25) is 0 Å². The van der Waals surface area contributed by atoms with Crippen molar-refractivity contribution in [3.05, 3.63) is 0 Å². The molecule has 0 nitrogen and oxygen atoms in total. The van der Waals surface area contributed by atoms with Gasteiger partial charge in [-0.05, 0) is 0 Å². The van der Waals surface area contributed by atoms with E-state index >= 15 is 0 Å². The summed E-state index contributed by atoms with van der Waals surface area (Å²) in [4.78, 5) is 4.62. The van der Waals surface area contributed by atoms with Crippen LogP contribution in [0.4, 0.5) is 0 Å². The average molecular weight is 230 g/mol. The van der Waals surface area contributed by atoms with Crippen LogP contribution in [0.2, 0.25) is 14.9 Å². The molecule has 2 heteroatoms. The van der Waals surface area contributed by atoms with Gasteiger partial charge in [0.2, 0.25) is 0 Å². The van der Waals surface area contributed by atoms with Gasteiger partial charge in [-0.1, -0.05) is 0 Å². The summed E-state index contributed by atoms with van der Waals surface area (Å²) in [6.45, 7) is 7.03. The van der Waals surface area contributed by atoms with E-state index in [1.165, 1.54) is 0 Å². The Hall–Kier alpha value is 1.27. The molecule has 0 aliphatic heterocycles. The van der Waals surface area contributed by atoms with Crippen molar-refractivity contribution < 1.29 is 0 Å². The van der Waals surface area contributed by atoms with Crippen molar-refractivity contribution in [3.8, 4) is 0 Å². The maximum absolute atomic E-state index is 2.34. The summed E-state index contributed by atoms with van der Waals surface area (Å²) in [5.41, 5.74) is 0. The van der Waals surface area contributed by atoms with Crippen molar-refractivity contribution in [2.45, 2.75) is 35.7 Å². The summed E-state index contributed by atoms with van der Waals surface area (Å²) in [5, 5.41) is 0. The van der Waals surface area contributed by atoms with Crippen molar-refractivity contribution in [1.82, 2.24) is 0 Å². The standard InChI is InChI=1S/3C2H5.2Ga.3H/c3*1-2;;;;;/h3*1H2,2H3;;;;;. The predicted molar refractivity (Wildman–Crippen MR) is 47.1 cm³/mol. The molecular weight excluding hydrogens is 212 g/mol. The van der Waals surface area contributed by atoms with Gasteiger partial charge in [0.1, 0.15) is 0 Å². The molecule has 48 valence electrons. The van der Waals surface area contributed by atoms with Crippen LogP contribution in [0, 0.1) is 0 Å². The zero-order valence-corrected chi connectivity index (χ0v) is 8.12. The van der Waals surface area contributed by atoms with Gasteiger partial charge in [-0.25, -0.2) is 0 Å². The zero-order valence-electron chi connectivity index (χ0n) is 5.70. The van der Waals surface area contributed by atoms with Gasteiger partial charge in [-0.15, -0.1) is 0 Å². The van der Waals surface area contributed by atoms with Gasteiger partial charge in [0, 0.05) is 0 Å². The Kier molecular flexibility index (Phi) is 12.4. The van der Waals surface area contributed by atoms with Crippen molar-refractivity contribution >= 4 is 36.0 Å². The van der Waals surface area contributed by atoms with Crippen LogP contribution in [-0.4, -0.2) is 36.0 Å². The molecule has 0 atom stereocenters. The van der Waals surface area contributed by atoms with Gasteiger partial charge >= 0.3 is 71.7 Å². The number of rotatable bonds is 3. The fourth-order valence-corrected chi connectivity index (χ4v) is 4.50. The van der Waals surface area contributed by atoms with Crippen LogP contribution < -0.4 is 0 Å². The van der Waals surface area contributed by atoms with Gasteiger partial charge < -0.3 is 0 Å². The summed E-state index contributed by atoms with van der Waals surface area (Å²) in [7, 11) is 0. The van der Waals surface area contributed by atoms with Crippen molar-refractivity contribution in [2.75, 3.05) is 0 Å². The Morgan fingerprint density at radius 3 is 1.12 bits per heavy atom. The molecule has 0 aliphatic carbocycles. The van der Waals surface area contributed by atoms with Crippen molar-refractivity contribution in [2.24, 2.45) is 0 Å². The van der Waals surface area contributed by atoms with E-state index in [1.54, 1.807) is 14.9 Å². The molecule has 0 spiro atoms. The van der Waals surface area contributed by atoms with Crippen molar-refractivity contribution in [3.63, 3.8) is 0 Å². The zero-order chi connectivity index (χ0) is 5.70. The Morgan fingerprint density at radius 1 is 0.875 bits per heavy atom. The summed E-state index contributed by atoms with van der Waals surface area (Å²) in [6.07, 6.45) is 0. The summed E-state index contributed by atoms with van der Waals surface area (Å²) < 4.78 is 0. The fraction of sp³-hybridized carbons (Fsp3) is 1.00. The first-order valence-corrected chi connectivity index (χ1v) is 8.49. The van der Waals surface area contributed by atoms with Crippen LogP contribution in [0.15, 0.2) is 0 Å². The minimum atomic E-state index is -0.576. The third kappa shape index (κ3) is 5.41. The molecule has 0 amide bonds. The second-order valence-electron chi connectivity index (χ2n) is 2.09. The average Bonchev–Trinajstić information content (AvgIpc) is 1.72. The van der Waals surface area contributed by atoms with Gasteiger partial charge in [-0.2, -0.15) is 0 Å². The third-order valence-electron chi connectivity index (χ3n) is 1.73. The molecule has 0 aromatic heterocycles. The first-order valence-electron chi connectivity index (χ1n) is 3.35. The molecule has 0 rings (SSSR count). The van der Waals surface area contributed by atoms with Crippen LogP contribution in [0.3, 0.4) is 0 Å². The Balaban J connectivity index is 0. The Bertz CT molecular complexity index is 28.0. The van der Waals surface area contributed by atoms with E-state index in [1.807, 2.05) is 0 Å². The fourth-order valence-electron chi connectivity index (χ4n) is 0.866. The van der Waals surface area contributed by atoms with Crippen LogP contribution >= 0.6 is 0 Å². The monoisotopic (exact) mass is 228 g/mol. The summed E-state index contributed by atoms with van der Waals surface area (Å²) >= 11 is -0.576. The molecule has 0 aromatic rings. The van der Waals surface area contributed by atoms with Crippen LogP contribution in [0.25, 0.3) is 0 Å². The molecule has 0 bridgehead atoms. The normalized spacial score (nSPS) is 7.88. The van der Waals surface area contributed by atoms with Gasteiger partial charge in [0.15, 0.2) is 0 Å². The van der Waals surface area contributed by atoms with E-state index in [2.05, 4.69) is 20.8 Å². The number of hydrogen-bond donors (Lipinski definition) is 0. The molecule has 0 fully saturated rings. The quantitative estimate of drug-likeness (QED) is 0.641. The molecule has 0 saturated heterocycles. The second-order valence-corrected chi connectivity index (χ2v) is 10.9. The van der Waals surface area contributed by atoms with E-state index in [-0.39, 0.29) is 19.8 Å².